The summed E-state index contributed by atoms with van der Waals surface area (Å²) in [5.41, 5.74) is 2.13. The average molecular weight is 443 g/mol. The molecule has 4 saturated carbocycles. The van der Waals surface area contributed by atoms with Gasteiger partial charge in [0, 0.05) is 5.41 Å². The first kappa shape index (κ1) is 23.4. The van der Waals surface area contributed by atoms with Crippen molar-refractivity contribution in [1.82, 2.24) is 0 Å². The second-order valence-corrected chi connectivity index (χ2v) is 13.9. The molecule has 5 aliphatic carbocycles. The minimum absolute atomic E-state index is 0.106. The molecule has 0 aromatic carbocycles. The molecule has 0 aliphatic heterocycles. The molecule has 0 amide bonds. The third-order valence-electron chi connectivity index (χ3n) is 12.6. The zero-order chi connectivity index (χ0) is 23.1. The normalized spacial score (nSPS) is 53.3. The molecule has 4 unspecified atom stereocenters. The van der Waals surface area contributed by atoms with E-state index in [9.17, 15) is 10.2 Å². The van der Waals surface area contributed by atoms with Crippen LogP contribution in [0.5, 0.6) is 0 Å². The monoisotopic (exact) mass is 442 g/mol. The van der Waals surface area contributed by atoms with E-state index in [0.29, 0.717) is 22.7 Å². The summed E-state index contributed by atoms with van der Waals surface area (Å²) >= 11 is 0. The number of allylic oxidation sites excluding steroid dienone is 1. The lowest BCUT2D eigenvalue weighted by atomic mass is 9.47. The van der Waals surface area contributed by atoms with E-state index in [1.54, 1.807) is 5.57 Å². The van der Waals surface area contributed by atoms with Gasteiger partial charge in [0.05, 0.1) is 11.7 Å². The molecule has 0 heterocycles. The zero-order valence-electron chi connectivity index (χ0n) is 21.8. The molecule has 5 aliphatic rings. The molecular weight excluding hydrogens is 392 g/mol. The Morgan fingerprint density at radius 3 is 2.44 bits per heavy atom. The quantitative estimate of drug-likeness (QED) is 0.444. The largest absolute Gasteiger partial charge is 0.393 e. The SMILES string of the molecule is CC[C@@]1(C(C)C)C[C@@]1(O)C[C@@H](C)C1CCC2C3CC=C4C[C@@H](O)CC[C@]4(C)C3CC[C@@]21C. The van der Waals surface area contributed by atoms with Crippen molar-refractivity contribution < 1.29 is 10.2 Å². The lowest BCUT2D eigenvalue weighted by molar-refractivity contribution is -0.0620. The van der Waals surface area contributed by atoms with Crippen LogP contribution < -0.4 is 0 Å². The van der Waals surface area contributed by atoms with Gasteiger partial charge in [-0.2, -0.15) is 0 Å². The van der Waals surface area contributed by atoms with Gasteiger partial charge in [0.1, 0.15) is 0 Å². The zero-order valence-corrected chi connectivity index (χ0v) is 21.8. The molecule has 0 aromatic heterocycles. The molecule has 0 aromatic rings. The van der Waals surface area contributed by atoms with E-state index in [2.05, 4.69) is 47.6 Å². The van der Waals surface area contributed by atoms with Crippen molar-refractivity contribution >= 4 is 0 Å². The molecule has 0 saturated heterocycles. The van der Waals surface area contributed by atoms with E-state index >= 15 is 0 Å². The minimum Gasteiger partial charge on any atom is -0.393 e. The Morgan fingerprint density at radius 1 is 1.03 bits per heavy atom. The number of rotatable bonds is 5. The van der Waals surface area contributed by atoms with E-state index in [-0.39, 0.29) is 11.5 Å². The van der Waals surface area contributed by atoms with Gasteiger partial charge < -0.3 is 10.2 Å². The summed E-state index contributed by atoms with van der Waals surface area (Å²) in [5.74, 6) is 4.47. The highest BCUT2D eigenvalue weighted by Gasteiger charge is 2.68. The maximum absolute atomic E-state index is 11.6. The van der Waals surface area contributed by atoms with E-state index in [1.807, 2.05) is 0 Å². The van der Waals surface area contributed by atoms with Gasteiger partial charge in [-0.1, -0.05) is 53.2 Å². The summed E-state index contributed by atoms with van der Waals surface area (Å²) in [6.45, 7) is 14.6. The van der Waals surface area contributed by atoms with Crippen molar-refractivity contribution in [3.8, 4) is 0 Å². The van der Waals surface area contributed by atoms with Gasteiger partial charge in [0.25, 0.3) is 0 Å². The molecule has 4 fully saturated rings. The molecule has 0 spiro atoms. The highest BCUT2D eigenvalue weighted by Crippen LogP contribution is 2.70. The van der Waals surface area contributed by atoms with Crippen molar-refractivity contribution in [3.63, 3.8) is 0 Å². The molecule has 5 rings (SSSR count). The topological polar surface area (TPSA) is 40.5 Å². The van der Waals surface area contributed by atoms with Gasteiger partial charge in [-0.05, 0) is 117 Å². The molecule has 2 N–H and O–H groups in total. The minimum atomic E-state index is -0.417. The van der Waals surface area contributed by atoms with Gasteiger partial charge in [-0.25, -0.2) is 0 Å². The highest BCUT2D eigenvalue weighted by molar-refractivity contribution is 5.25. The van der Waals surface area contributed by atoms with Gasteiger partial charge >= 0.3 is 0 Å². The lowest BCUT2D eigenvalue weighted by Gasteiger charge is -2.58. The van der Waals surface area contributed by atoms with Crippen LogP contribution in [0.4, 0.5) is 0 Å². The molecule has 10 atom stereocenters. The van der Waals surface area contributed by atoms with Crippen LogP contribution in [0.15, 0.2) is 11.6 Å². The molecule has 2 heteroatoms. The first-order valence-corrected chi connectivity index (χ1v) is 14.1. The van der Waals surface area contributed by atoms with E-state index in [4.69, 9.17) is 0 Å². The molecule has 0 bridgehead atoms. The van der Waals surface area contributed by atoms with Gasteiger partial charge in [0.15, 0.2) is 0 Å². The van der Waals surface area contributed by atoms with Crippen LogP contribution in [-0.4, -0.2) is 21.9 Å². The first-order chi connectivity index (χ1) is 15.0. The predicted molar refractivity (Wildman–Crippen MR) is 132 cm³/mol. The summed E-state index contributed by atoms with van der Waals surface area (Å²) in [7, 11) is 0. The Morgan fingerprint density at radius 2 is 1.78 bits per heavy atom. The van der Waals surface area contributed by atoms with E-state index < -0.39 is 5.60 Å². The maximum atomic E-state index is 11.6. The molecule has 182 valence electrons. The van der Waals surface area contributed by atoms with Crippen LogP contribution in [0.25, 0.3) is 0 Å². The van der Waals surface area contributed by atoms with Crippen LogP contribution >= 0.6 is 0 Å². The number of aliphatic hydroxyl groups excluding tert-OH is 1. The predicted octanol–water partition coefficient (Wildman–Crippen LogP) is 7.14. The summed E-state index contributed by atoms with van der Waals surface area (Å²) in [6, 6.07) is 0. The lowest BCUT2D eigenvalue weighted by Crippen LogP contribution is -2.51. The number of hydrogen-bond acceptors (Lipinski definition) is 2. The smallest absolute Gasteiger partial charge is 0.0716 e. The number of hydrogen-bond donors (Lipinski definition) is 2. The first-order valence-electron chi connectivity index (χ1n) is 14.1. The van der Waals surface area contributed by atoms with Gasteiger partial charge in [0.2, 0.25) is 0 Å². The van der Waals surface area contributed by atoms with Crippen LogP contribution in [-0.2, 0) is 0 Å². The van der Waals surface area contributed by atoms with E-state index in [0.717, 1.165) is 55.8 Å². The molecule has 32 heavy (non-hydrogen) atoms. The highest BCUT2D eigenvalue weighted by atomic mass is 16.3. The molecule has 0 radical (unpaired) electrons. The molecular formula is C30H50O2. The van der Waals surface area contributed by atoms with Crippen molar-refractivity contribution in [1.29, 1.82) is 0 Å². The summed E-state index contributed by atoms with van der Waals surface area (Å²) < 4.78 is 0. The molecule has 2 nitrogen and oxygen atoms in total. The van der Waals surface area contributed by atoms with Crippen LogP contribution in [0.2, 0.25) is 0 Å². The van der Waals surface area contributed by atoms with Crippen molar-refractivity contribution in [2.45, 2.75) is 124 Å². The summed E-state index contributed by atoms with van der Waals surface area (Å²) in [4.78, 5) is 0. The Hall–Kier alpha value is -0.340. The fraction of sp³-hybridized carbons (Fsp3) is 0.933. The van der Waals surface area contributed by atoms with Crippen molar-refractivity contribution in [3.05, 3.63) is 11.6 Å². The Bertz CT molecular complexity index is 771. The van der Waals surface area contributed by atoms with Crippen LogP contribution in [0.1, 0.15) is 112 Å². The summed E-state index contributed by atoms with van der Waals surface area (Å²) in [6.07, 6.45) is 15.5. The third-order valence-corrected chi connectivity index (χ3v) is 12.6. The Labute approximate surface area is 197 Å². The second-order valence-electron chi connectivity index (χ2n) is 13.9. The number of fused-ring (bicyclic) bond motifs is 5. The van der Waals surface area contributed by atoms with E-state index in [1.165, 1.54) is 38.5 Å². The number of aliphatic hydroxyl groups is 2. The summed E-state index contributed by atoms with van der Waals surface area (Å²) in [5, 5.41) is 21.8. The Kier molecular flexibility index (Phi) is 5.54. The van der Waals surface area contributed by atoms with Crippen molar-refractivity contribution in [2.24, 2.45) is 51.8 Å². The van der Waals surface area contributed by atoms with Crippen LogP contribution in [0, 0.1) is 51.8 Å². The van der Waals surface area contributed by atoms with Crippen molar-refractivity contribution in [2.75, 3.05) is 0 Å². The average Bonchev–Trinajstić information content (AvgIpc) is 3.17. The Balaban J connectivity index is 1.33. The van der Waals surface area contributed by atoms with Gasteiger partial charge in [-0.15, -0.1) is 0 Å². The van der Waals surface area contributed by atoms with Crippen LogP contribution in [0.3, 0.4) is 0 Å². The fourth-order valence-electron chi connectivity index (χ4n) is 10.6. The second kappa shape index (κ2) is 7.58. The fourth-order valence-corrected chi connectivity index (χ4v) is 10.6. The maximum Gasteiger partial charge on any atom is 0.0716 e. The third kappa shape index (κ3) is 3.10. The van der Waals surface area contributed by atoms with Gasteiger partial charge in [-0.3, -0.25) is 0 Å². The standard InChI is InChI=1S/C30H50O2/c1-7-29(19(2)3)18-30(29,32)17-20(4)24-10-11-25-23-9-8-21-16-22(31)12-14-27(21,5)26(23)13-15-28(24,25)6/h8,19-20,22-26,31-32H,7,9-18H2,1-6H3/t20-,22+,23?,24?,25?,26?,27+,28-,29+,30+/m1/s1.